The van der Waals surface area contributed by atoms with Gasteiger partial charge in [0.1, 0.15) is 18.4 Å². The number of anilines is 1. The standard InChI is InChI=1S/C30H34ClN3O5/c1-18(2)19(3)30(36)39-28(21-5-6-21)16-38-26-12-11-24(14-27(26)37-4)34(17-32)29(35)25-13-22(15-33-25)20-7-9-23(31)10-8-20/h7-15,17-19,21,28,32-33H,5-6,16H2,1-4H3/t19-,28?/m0/s1. The Morgan fingerprint density at radius 1 is 1.08 bits per heavy atom. The van der Waals surface area contributed by atoms with E-state index in [0.717, 1.165) is 30.3 Å². The summed E-state index contributed by atoms with van der Waals surface area (Å²) in [5.41, 5.74) is 2.51. The first kappa shape index (κ1) is 28.2. The van der Waals surface area contributed by atoms with Gasteiger partial charge in [-0.25, -0.2) is 0 Å². The molecule has 1 unspecified atom stereocenters. The summed E-state index contributed by atoms with van der Waals surface area (Å²) in [4.78, 5) is 30.0. The highest BCUT2D eigenvalue weighted by Crippen LogP contribution is 2.37. The molecule has 4 rings (SSSR count). The highest BCUT2D eigenvalue weighted by molar-refractivity contribution is 6.30. The van der Waals surface area contributed by atoms with Crippen LogP contribution in [0.15, 0.2) is 54.7 Å². The number of nitrogens with zero attached hydrogens (tertiary/aromatic N) is 1. The number of carbonyl (C=O) groups is 2. The van der Waals surface area contributed by atoms with Crippen LogP contribution in [0.2, 0.25) is 5.02 Å². The Labute approximate surface area is 233 Å². The molecule has 0 spiro atoms. The molecule has 1 heterocycles. The zero-order chi connectivity index (χ0) is 28.1. The molecule has 1 saturated carbocycles. The van der Waals surface area contributed by atoms with Crippen LogP contribution in [0, 0.1) is 23.2 Å². The first-order valence-corrected chi connectivity index (χ1v) is 13.4. The molecule has 0 aliphatic heterocycles. The van der Waals surface area contributed by atoms with E-state index >= 15 is 0 Å². The van der Waals surface area contributed by atoms with Crippen LogP contribution in [0.4, 0.5) is 5.69 Å². The minimum absolute atomic E-state index is 0.188. The van der Waals surface area contributed by atoms with Crippen molar-refractivity contribution in [2.45, 2.75) is 39.7 Å². The van der Waals surface area contributed by atoms with Crippen molar-refractivity contribution < 1.29 is 23.8 Å². The van der Waals surface area contributed by atoms with Gasteiger partial charge in [0.2, 0.25) is 0 Å². The van der Waals surface area contributed by atoms with Crippen LogP contribution in [-0.4, -0.2) is 43.0 Å². The van der Waals surface area contributed by atoms with Crippen LogP contribution in [0.3, 0.4) is 0 Å². The summed E-state index contributed by atoms with van der Waals surface area (Å²) in [6.45, 7) is 6.08. The smallest absolute Gasteiger partial charge is 0.309 e. The zero-order valence-corrected chi connectivity index (χ0v) is 23.3. The molecule has 0 bridgehead atoms. The van der Waals surface area contributed by atoms with Crippen LogP contribution in [0.5, 0.6) is 11.5 Å². The minimum atomic E-state index is -0.402. The Bertz CT molecular complexity index is 1320. The number of aromatic amines is 1. The molecule has 39 heavy (non-hydrogen) atoms. The third-order valence-electron chi connectivity index (χ3n) is 7.05. The quantitative estimate of drug-likeness (QED) is 0.150. The second-order valence-electron chi connectivity index (χ2n) is 10.1. The maximum atomic E-state index is 13.3. The topological polar surface area (TPSA) is 105 Å². The fourth-order valence-electron chi connectivity index (χ4n) is 4.07. The summed E-state index contributed by atoms with van der Waals surface area (Å²) in [7, 11) is 1.51. The molecule has 1 aliphatic carbocycles. The van der Waals surface area contributed by atoms with Gasteiger partial charge in [-0.3, -0.25) is 19.9 Å². The number of nitrogens with one attached hydrogen (secondary N) is 2. The van der Waals surface area contributed by atoms with Gasteiger partial charge in [-0.05, 0) is 66.1 Å². The number of benzene rings is 2. The van der Waals surface area contributed by atoms with Crippen molar-refractivity contribution >= 4 is 35.5 Å². The number of rotatable bonds is 12. The van der Waals surface area contributed by atoms with Crippen molar-refractivity contribution in [2.75, 3.05) is 18.6 Å². The lowest BCUT2D eigenvalue weighted by Crippen LogP contribution is -2.31. The van der Waals surface area contributed by atoms with Gasteiger partial charge >= 0.3 is 5.97 Å². The van der Waals surface area contributed by atoms with E-state index in [4.69, 9.17) is 31.2 Å². The van der Waals surface area contributed by atoms with E-state index in [1.165, 1.54) is 12.0 Å². The third-order valence-corrected chi connectivity index (χ3v) is 7.31. The Morgan fingerprint density at radius 2 is 1.79 bits per heavy atom. The number of amides is 1. The van der Waals surface area contributed by atoms with Crippen LogP contribution in [0.1, 0.15) is 44.1 Å². The average molecular weight is 552 g/mol. The predicted molar refractivity (Wildman–Crippen MR) is 152 cm³/mol. The minimum Gasteiger partial charge on any atom is -0.493 e. The number of H-pyrrole nitrogens is 1. The summed E-state index contributed by atoms with van der Waals surface area (Å²) in [6.07, 6.45) is 4.37. The van der Waals surface area contributed by atoms with E-state index < -0.39 is 5.91 Å². The fourth-order valence-corrected chi connectivity index (χ4v) is 4.19. The average Bonchev–Trinajstić information content (AvgIpc) is 3.67. The summed E-state index contributed by atoms with van der Waals surface area (Å²) >= 11 is 5.98. The highest BCUT2D eigenvalue weighted by atomic mass is 35.5. The lowest BCUT2D eigenvalue weighted by atomic mass is 9.98. The number of ether oxygens (including phenoxy) is 3. The van der Waals surface area contributed by atoms with E-state index in [1.807, 2.05) is 32.9 Å². The first-order chi connectivity index (χ1) is 18.7. The normalized spacial score (nSPS) is 14.4. The second-order valence-corrected chi connectivity index (χ2v) is 10.5. The van der Waals surface area contributed by atoms with Crippen LogP contribution in [0.25, 0.3) is 11.1 Å². The largest absolute Gasteiger partial charge is 0.493 e. The van der Waals surface area contributed by atoms with Gasteiger partial charge in [0.25, 0.3) is 5.91 Å². The number of aromatic nitrogens is 1. The van der Waals surface area contributed by atoms with Gasteiger partial charge in [-0.1, -0.05) is 44.5 Å². The van der Waals surface area contributed by atoms with E-state index in [2.05, 4.69) is 4.98 Å². The van der Waals surface area contributed by atoms with Crippen molar-refractivity contribution in [3.05, 3.63) is 65.4 Å². The molecule has 2 atom stereocenters. The van der Waals surface area contributed by atoms with Gasteiger partial charge in [-0.2, -0.15) is 0 Å². The molecule has 9 heteroatoms. The lowest BCUT2D eigenvalue weighted by molar-refractivity contribution is -0.157. The maximum absolute atomic E-state index is 13.3. The Balaban J connectivity index is 1.46. The van der Waals surface area contributed by atoms with Gasteiger partial charge in [-0.15, -0.1) is 0 Å². The van der Waals surface area contributed by atoms with Gasteiger partial charge in [0, 0.05) is 17.3 Å². The van der Waals surface area contributed by atoms with Crippen molar-refractivity contribution in [3.63, 3.8) is 0 Å². The van der Waals surface area contributed by atoms with Crippen LogP contribution < -0.4 is 14.4 Å². The second kappa shape index (κ2) is 12.4. The Hall–Kier alpha value is -3.78. The van der Waals surface area contributed by atoms with E-state index in [-0.39, 0.29) is 30.5 Å². The number of hydrogen-bond donors (Lipinski definition) is 2. The molecule has 2 aromatic carbocycles. The number of halogens is 1. The number of carbonyl (C=O) groups excluding carboxylic acids is 2. The maximum Gasteiger partial charge on any atom is 0.309 e. The third kappa shape index (κ3) is 6.81. The van der Waals surface area contributed by atoms with E-state index in [9.17, 15) is 9.59 Å². The summed E-state index contributed by atoms with van der Waals surface area (Å²) in [5, 5.41) is 8.54. The molecular weight excluding hydrogens is 518 g/mol. The van der Waals surface area contributed by atoms with E-state index in [1.54, 1.807) is 42.6 Å². The molecule has 1 aromatic heterocycles. The van der Waals surface area contributed by atoms with Gasteiger partial charge < -0.3 is 19.2 Å². The number of methoxy groups -OCH3 is 1. The first-order valence-electron chi connectivity index (χ1n) is 13.0. The molecule has 3 aromatic rings. The number of esters is 1. The molecule has 1 aliphatic rings. The molecular formula is C30H34ClN3O5. The van der Waals surface area contributed by atoms with Crippen molar-refractivity contribution in [1.29, 1.82) is 5.41 Å². The summed E-state index contributed by atoms with van der Waals surface area (Å²) in [6, 6.07) is 14.1. The molecule has 1 fully saturated rings. The molecule has 0 radical (unpaired) electrons. The van der Waals surface area contributed by atoms with Gasteiger partial charge in [0.15, 0.2) is 11.5 Å². The van der Waals surface area contributed by atoms with Crippen molar-refractivity contribution in [2.24, 2.45) is 17.8 Å². The van der Waals surface area contributed by atoms with Crippen molar-refractivity contribution in [3.8, 4) is 22.6 Å². The SMILES string of the molecule is COc1cc(N(C=N)C(=O)c2cc(-c3ccc(Cl)cc3)c[nH]2)ccc1OCC(OC(=O)[C@@H](C)C(C)C)C1CC1. The summed E-state index contributed by atoms with van der Waals surface area (Å²) < 4.78 is 17.4. The van der Waals surface area contributed by atoms with E-state index in [0.29, 0.717) is 33.8 Å². The molecule has 2 N–H and O–H groups in total. The lowest BCUT2D eigenvalue weighted by Gasteiger charge is -2.23. The molecule has 8 nitrogen and oxygen atoms in total. The van der Waals surface area contributed by atoms with Crippen LogP contribution in [-0.2, 0) is 9.53 Å². The fraction of sp³-hybridized carbons (Fsp3) is 0.367. The summed E-state index contributed by atoms with van der Waals surface area (Å²) in [5.74, 6) is 0.548. The monoisotopic (exact) mass is 551 g/mol. The highest BCUT2D eigenvalue weighted by Gasteiger charge is 2.36. The predicted octanol–water partition coefficient (Wildman–Crippen LogP) is 6.59. The Kier molecular flexibility index (Phi) is 8.97. The van der Waals surface area contributed by atoms with Gasteiger partial charge in [0.05, 0.1) is 25.1 Å². The van der Waals surface area contributed by atoms with Crippen molar-refractivity contribution in [1.82, 2.24) is 4.98 Å². The molecule has 206 valence electrons. The van der Waals surface area contributed by atoms with Crippen LogP contribution >= 0.6 is 11.6 Å². The zero-order valence-electron chi connectivity index (χ0n) is 22.6. The number of hydrogen-bond acceptors (Lipinski definition) is 6. The Morgan fingerprint density at radius 3 is 2.41 bits per heavy atom. The molecule has 1 amide bonds. The molecule has 0 saturated heterocycles.